The zero-order chi connectivity index (χ0) is 22.8. The number of ether oxygens (including phenoxy) is 2. The van der Waals surface area contributed by atoms with Crippen LogP contribution in [0.1, 0.15) is 23.8 Å². The molecule has 1 N–H and O–H groups in total. The summed E-state index contributed by atoms with van der Waals surface area (Å²) in [5, 5.41) is 7.43. The molecular weight excluding hydrogens is 408 g/mol. The topological polar surface area (TPSA) is 86.7 Å². The van der Waals surface area contributed by atoms with Gasteiger partial charge in [-0.05, 0) is 50.1 Å². The summed E-state index contributed by atoms with van der Waals surface area (Å²) in [6.07, 6.45) is 3.25. The number of anilines is 1. The molecule has 2 aromatic carbocycles. The molecule has 0 saturated heterocycles. The number of benzene rings is 2. The van der Waals surface area contributed by atoms with E-state index in [1.807, 2.05) is 44.2 Å². The summed E-state index contributed by atoms with van der Waals surface area (Å²) in [6, 6.07) is 11.4. The molecular formula is C25H24N2O5. The van der Waals surface area contributed by atoms with Gasteiger partial charge in [0.05, 0.1) is 20.5 Å². The highest BCUT2D eigenvalue weighted by molar-refractivity contribution is 6.05. The van der Waals surface area contributed by atoms with E-state index in [1.165, 1.54) is 6.08 Å². The van der Waals surface area contributed by atoms with Gasteiger partial charge in [-0.15, -0.1) is 0 Å². The zero-order valence-corrected chi connectivity index (χ0v) is 18.6. The lowest BCUT2D eigenvalue weighted by atomic mass is 9.96. The molecule has 0 radical (unpaired) electrons. The maximum atomic E-state index is 12.5. The summed E-state index contributed by atoms with van der Waals surface area (Å²) < 4.78 is 21.8. The smallest absolute Gasteiger partial charge is 0.249 e. The van der Waals surface area contributed by atoms with Crippen molar-refractivity contribution in [1.29, 1.82) is 0 Å². The molecule has 2 heterocycles. The van der Waals surface area contributed by atoms with Crippen molar-refractivity contribution in [2.24, 2.45) is 0 Å². The van der Waals surface area contributed by atoms with Crippen LogP contribution in [0, 0.1) is 13.8 Å². The van der Waals surface area contributed by atoms with Crippen LogP contribution in [0.25, 0.3) is 27.7 Å². The highest BCUT2D eigenvalue weighted by Crippen LogP contribution is 2.40. The molecule has 7 heteroatoms. The first kappa shape index (κ1) is 21.2. The van der Waals surface area contributed by atoms with Crippen molar-refractivity contribution in [2.75, 3.05) is 19.5 Å². The zero-order valence-electron chi connectivity index (χ0n) is 18.6. The summed E-state index contributed by atoms with van der Waals surface area (Å²) in [4.78, 5) is 12.5. The van der Waals surface area contributed by atoms with Crippen LogP contribution in [0.5, 0.6) is 11.5 Å². The number of aromatic nitrogens is 1. The molecule has 0 bridgehead atoms. The van der Waals surface area contributed by atoms with E-state index in [-0.39, 0.29) is 5.91 Å². The van der Waals surface area contributed by atoms with Crippen molar-refractivity contribution in [1.82, 2.24) is 5.16 Å². The second-order valence-corrected chi connectivity index (χ2v) is 7.48. The van der Waals surface area contributed by atoms with Gasteiger partial charge in [0.25, 0.3) is 0 Å². The van der Waals surface area contributed by atoms with Crippen LogP contribution in [0.3, 0.4) is 0 Å². The third-order valence-corrected chi connectivity index (χ3v) is 5.30. The number of aryl methyl sites for hydroxylation is 2. The molecule has 4 rings (SSSR count). The Morgan fingerprint density at radius 2 is 1.84 bits per heavy atom. The number of amides is 1. The van der Waals surface area contributed by atoms with E-state index in [1.54, 1.807) is 33.5 Å². The van der Waals surface area contributed by atoms with Crippen LogP contribution >= 0.6 is 0 Å². The Labute approximate surface area is 185 Å². The van der Waals surface area contributed by atoms with Crippen LogP contribution in [-0.4, -0.2) is 25.3 Å². The Morgan fingerprint density at radius 3 is 2.47 bits per heavy atom. The highest BCUT2D eigenvalue weighted by Gasteiger charge is 2.19. The number of carbonyl (C=O) groups is 1. The number of carbonyl (C=O) groups excluding carboxylic acids is 1. The molecule has 0 aliphatic carbocycles. The lowest BCUT2D eigenvalue weighted by Crippen LogP contribution is -2.09. The largest absolute Gasteiger partial charge is 0.497 e. The van der Waals surface area contributed by atoms with Crippen molar-refractivity contribution in [3.05, 3.63) is 65.6 Å². The summed E-state index contributed by atoms with van der Waals surface area (Å²) in [6.45, 7) is 5.57. The molecule has 164 valence electrons. The van der Waals surface area contributed by atoms with Gasteiger partial charge < -0.3 is 23.7 Å². The first-order valence-corrected chi connectivity index (χ1v) is 10.1. The lowest BCUT2D eigenvalue weighted by Gasteiger charge is -2.13. The molecule has 0 fully saturated rings. The average molecular weight is 432 g/mol. The number of hydrogen-bond donors (Lipinski definition) is 1. The monoisotopic (exact) mass is 432 g/mol. The number of rotatable bonds is 6. The molecule has 32 heavy (non-hydrogen) atoms. The second-order valence-electron chi connectivity index (χ2n) is 7.48. The highest BCUT2D eigenvalue weighted by atomic mass is 16.5. The normalized spacial score (nSPS) is 11.6. The molecule has 0 aliphatic heterocycles. The number of hydrogen-bond acceptors (Lipinski definition) is 6. The standard InChI is InChI=1S/C25H24N2O5/c1-14(10-23(28)26-22-11-15(2)32-27-22)19-12-20-21(17-6-8-18(29-4)9-7-17)13-31-25(20)16(3)24(19)30-5/h6-13H,1-5H3,(H,26,27,28)/b14-10+. The molecule has 0 aliphatic rings. The molecule has 0 unspecified atom stereocenters. The van der Waals surface area contributed by atoms with E-state index < -0.39 is 0 Å². The minimum atomic E-state index is -0.307. The van der Waals surface area contributed by atoms with Crippen LogP contribution in [0.2, 0.25) is 0 Å². The van der Waals surface area contributed by atoms with E-state index in [0.717, 1.165) is 44.5 Å². The minimum absolute atomic E-state index is 0.307. The molecule has 7 nitrogen and oxygen atoms in total. The minimum Gasteiger partial charge on any atom is -0.497 e. The van der Waals surface area contributed by atoms with Crippen molar-refractivity contribution in [3.8, 4) is 22.6 Å². The Bertz CT molecular complexity index is 1310. The third-order valence-electron chi connectivity index (χ3n) is 5.30. The Morgan fingerprint density at radius 1 is 1.09 bits per heavy atom. The van der Waals surface area contributed by atoms with Crippen LogP contribution < -0.4 is 14.8 Å². The number of nitrogens with one attached hydrogen (secondary N) is 1. The van der Waals surface area contributed by atoms with Crippen molar-refractivity contribution in [3.63, 3.8) is 0 Å². The van der Waals surface area contributed by atoms with Gasteiger partial charge in [0.15, 0.2) is 5.82 Å². The maximum Gasteiger partial charge on any atom is 0.249 e. The van der Waals surface area contributed by atoms with Crippen LogP contribution in [0.4, 0.5) is 5.82 Å². The Hall–Kier alpha value is -4.00. The number of methoxy groups -OCH3 is 2. The summed E-state index contributed by atoms with van der Waals surface area (Å²) in [5.41, 5.74) is 5.10. The quantitative estimate of drug-likeness (QED) is 0.390. The molecule has 2 aromatic heterocycles. The van der Waals surface area contributed by atoms with Gasteiger partial charge in [-0.1, -0.05) is 17.3 Å². The Kier molecular flexibility index (Phi) is 5.73. The molecule has 0 saturated carbocycles. The van der Waals surface area contributed by atoms with Gasteiger partial charge in [-0.25, -0.2) is 0 Å². The predicted octanol–water partition coefficient (Wildman–Crippen LogP) is 5.76. The number of furan rings is 1. The molecule has 0 atom stereocenters. The van der Waals surface area contributed by atoms with Gasteiger partial charge in [-0.2, -0.15) is 0 Å². The number of allylic oxidation sites excluding steroid dienone is 1. The average Bonchev–Trinajstić information content (AvgIpc) is 3.39. The lowest BCUT2D eigenvalue weighted by molar-refractivity contribution is -0.111. The summed E-state index contributed by atoms with van der Waals surface area (Å²) >= 11 is 0. The summed E-state index contributed by atoms with van der Waals surface area (Å²) in [7, 11) is 3.25. The van der Waals surface area contributed by atoms with Gasteiger partial charge in [0.1, 0.15) is 22.8 Å². The Balaban J connectivity index is 1.76. The predicted molar refractivity (Wildman–Crippen MR) is 123 cm³/mol. The molecule has 4 aromatic rings. The SMILES string of the molecule is COc1ccc(-c2coc3c(C)c(OC)c(/C(C)=C/C(=O)Nc4cc(C)on4)cc23)cc1. The van der Waals surface area contributed by atoms with Gasteiger partial charge in [-0.3, -0.25) is 4.79 Å². The first-order chi connectivity index (χ1) is 15.4. The van der Waals surface area contributed by atoms with Crippen molar-refractivity contribution >= 4 is 28.3 Å². The van der Waals surface area contributed by atoms with E-state index in [0.29, 0.717) is 17.3 Å². The number of fused-ring (bicyclic) bond motifs is 1. The van der Waals surface area contributed by atoms with Crippen LogP contribution in [-0.2, 0) is 4.79 Å². The fourth-order valence-electron chi connectivity index (χ4n) is 3.73. The second kappa shape index (κ2) is 8.63. The van der Waals surface area contributed by atoms with E-state index in [2.05, 4.69) is 10.5 Å². The summed E-state index contributed by atoms with van der Waals surface area (Å²) in [5.74, 6) is 2.12. The van der Waals surface area contributed by atoms with E-state index in [9.17, 15) is 4.79 Å². The van der Waals surface area contributed by atoms with Crippen molar-refractivity contribution < 1.29 is 23.2 Å². The maximum absolute atomic E-state index is 12.5. The number of nitrogens with zero attached hydrogens (tertiary/aromatic N) is 1. The van der Waals surface area contributed by atoms with E-state index >= 15 is 0 Å². The molecule has 0 spiro atoms. The van der Waals surface area contributed by atoms with E-state index in [4.69, 9.17) is 18.4 Å². The van der Waals surface area contributed by atoms with Crippen molar-refractivity contribution in [2.45, 2.75) is 20.8 Å². The third kappa shape index (κ3) is 3.97. The van der Waals surface area contributed by atoms with Crippen LogP contribution in [0.15, 0.2) is 57.7 Å². The van der Waals surface area contributed by atoms with Gasteiger partial charge in [0, 0.05) is 34.2 Å². The molecule has 1 amide bonds. The fraction of sp³-hybridized carbons (Fsp3) is 0.200. The van der Waals surface area contributed by atoms with Gasteiger partial charge in [0.2, 0.25) is 5.91 Å². The fourth-order valence-corrected chi connectivity index (χ4v) is 3.73. The van der Waals surface area contributed by atoms with Gasteiger partial charge >= 0.3 is 0 Å². The first-order valence-electron chi connectivity index (χ1n) is 10.1.